The van der Waals surface area contributed by atoms with Gasteiger partial charge in [-0.1, -0.05) is 12.1 Å². The van der Waals surface area contributed by atoms with Gasteiger partial charge in [0.25, 0.3) is 5.91 Å². The van der Waals surface area contributed by atoms with Crippen LogP contribution in [-0.2, 0) is 19.6 Å². The molecule has 0 aliphatic rings. The molecular weight excluding hydrogens is 444 g/mol. The van der Waals surface area contributed by atoms with E-state index in [4.69, 9.17) is 9.84 Å². The molecule has 0 unspecified atom stereocenters. The number of para-hydroxylation sites is 1. The summed E-state index contributed by atoms with van der Waals surface area (Å²) in [5, 5.41) is 29.8. The summed E-state index contributed by atoms with van der Waals surface area (Å²) in [6, 6.07) is 8.04. The Morgan fingerprint density at radius 1 is 1.09 bits per heavy atom. The summed E-state index contributed by atoms with van der Waals surface area (Å²) < 4.78 is 32.3. The fourth-order valence-corrected chi connectivity index (χ4v) is 3.66. The number of nitrogens with one attached hydrogen (secondary N) is 2. The maximum atomic E-state index is 12.4. The predicted molar refractivity (Wildman–Crippen MR) is 111 cm³/mol. The minimum Gasteiger partial charge on any atom is -0.504 e. The number of phenolic OH excluding ortho intramolecular Hbond substituents is 2. The Morgan fingerprint density at radius 2 is 1.81 bits per heavy atom. The maximum Gasteiger partial charge on any atom is 0.305 e. The standard InChI is InChI=1S/C20H22N2O9S/c23-12-13(10-19(26)27)22-20(28)15-4-1-2-5-18(15)31-9-3-8-21-32(29,30)14-6-7-16(24)17(25)11-14/h1-2,4-7,11-13,21,24-25H,3,8-10H2,(H,22,28)(H,26,27)/t13-/m0/s1. The van der Waals surface area contributed by atoms with Crippen molar-refractivity contribution in [3.05, 3.63) is 48.0 Å². The van der Waals surface area contributed by atoms with Gasteiger partial charge in [-0.3, -0.25) is 9.59 Å². The minimum atomic E-state index is -3.91. The van der Waals surface area contributed by atoms with E-state index in [0.29, 0.717) is 6.29 Å². The fraction of sp³-hybridized carbons (Fsp3) is 0.250. The molecule has 0 radical (unpaired) electrons. The summed E-state index contributed by atoms with van der Waals surface area (Å²) in [6.45, 7) is 0.0318. The Morgan fingerprint density at radius 3 is 2.47 bits per heavy atom. The van der Waals surface area contributed by atoms with E-state index in [9.17, 15) is 33.0 Å². The molecule has 0 spiro atoms. The highest BCUT2D eigenvalue weighted by molar-refractivity contribution is 7.89. The maximum absolute atomic E-state index is 12.4. The van der Waals surface area contributed by atoms with E-state index in [2.05, 4.69) is 10.0 Å². The number of amides is 1. The van der Waals surface area contributed by atoms with Crippen LogP contribution in [0.2, 0.25) is 0 Å². The lowest BCUT2D eigenvalue weighted by atomic mass is 10.1. The zero-order valence-corrected chi connectivity index (χ0v) is 17.5. The Labute approximate surface area is 183 Å². The number of carbonyl (C=O) groups is 3. The summed E-state index contributed by atoms with van der Waals surface area (Å²) >= 11 is 0. The van der Waals surface area contributed by atoms with E-state index < -0.39 is 45.9 Å². The van der Waals surface area contributed by atoms with E-state index in [0.717, 1.165) is 18.2 Å². The number of aldehydes is 1. The van der Waals surface area contributed by atoms with Gasteiger partial charge in [0.1, 0.15) is 12.0 Å². The van der Waals surface area contributed by atoms with Crippen LogP contribution in [0.4, 0.5) is 0 Å². The summed E-state index contributed by atoms with van der Waals surface area (Å²) in [7, 11) is -3.91. The van der Waals surface area contributed by atoms with Crippen molar-refractivity contribution >= 4 is 28.2 Å². The Balaban J connectivity index is 1.91. The van der Waals surface area contributed by atoms with Crippen LogP contribution in [0, 0.1) is 0 Å². The summed E-state index contributed by atoms with van der Waals surface area (Å²) in [6.07, 6.45) is 0.00186. The lowest BCUT2D eigenvalue weighted by molar-refractivity contribution is -0.138. The largest absolute Gasteiger partial charge is 0.504 e. The average Bonchev–Trinajstić information content (AvgIpc) is 2.74. The minimum absolute atomic E-state index is 0.00976. The highest BCUT2D eigenvalue weighted by Crippen LogP contribution is 2.26. The van der Waals surface area contributed by atoms with Crippen LogP contribution in [0.1, 0.15) is 23.2 Å². The molecule has 0 aliphatic carbocycles. The van der Waals surface area contributed by atoms with E-state index in [-0.39, 0.29) is 35.8 Å². The first kappa shape index (κ1) is 24.6. The monoisotopic (exact) mass is 466 g/mol. The van der Waals surface area contributed by atoms with E-state index in [1.165, 1.54) is 12.1 Å². The van der Waals surface area contributed by atoms with Gasteiger partial charge in [0.2, 0.25) is 10.0 Å². The Bertz CT molecular complexity index is 1090. The number of sulfonamides is 1. The molecule has 0 fully saturated rings. The molecule has 0 saturated heterocycles. The third-order valence-corrected chi connectivity index (χ3v) is 5.59. The van der Waals surface area contributed by atoms with Gasteiger partial charge in [-0.25, -0.2) is 13.1 Å². The number of rotatable bonds is 12. The number of hydrogen-bond acceptors (Lipinski definition) is 8. The predicted octanol–water partition coefficient (Wildman–Crippen LogP) is 0.617. The lowest BCUT2D eigenvalue weighted by Crippen LogP contribution is -2.37. The molecule has 1 atom stereocenters. The molecule has 1 amide bonds. The number of ether oxygens (including phenoxy) is 1. The first-order valence-corrected chi connectivity index (χ1v) is 10.8. The molecule has 0 heterocycles. The van der Waals surface area contributed by atoms with E-state index in [1.54, 1.807) is 12.1 Å². The summed E-state index contributed by atoms with van der Waals surface area (Å²) in [5.74, 6) is -2.76. The van der Waals surface area contributed by atoms with Gasteiger partial charge in [0.05, 0.1) is 29.5 Å². The SMILES string of the molecule is O=C[C@H](CC(=O)O)NC(=O)c1ccccc1OCCCNS(=O)(=O)c1ccc(O)c(O)c1. The highest BCUT2D eigenvalue weighted by atomic mass is 32.2. The number of aromatic hydroxyl groups is 2. The Hall–Kier alpha value is -3.64. The van der Waals surface area contributed by atoms with Crippen molar-refractivity contribution in [1.82, 2.24) is 10.0 Å². The van der Waals surface area contributed by atoms with Crippen LogP contribution in [0.15, 0.2) is 47.4 Å². The van der Waals surface area contributed by atoms with Crippen LogP contribution in [-0.4, -0.2) is 61.1 Å². The topological polar surface area (TPSA) is 179 Å². The fourth-order valence-electron chi connectivity index (χ4n) is 2.56. The molecule has 0 saturated carbocycles. The molecule has 0 bridgehead atoms. The molecule has 2 rings (SSSR count). The van der Waals surface area contributed by atoms with Gasteiger partial charge in [0, 0.05) is 12.6 Å². The zero-order valence-electron chi connectivity index (χ0n) is 16.7. The second kappa shape index (κ2) is 11.1. The lowest BCUT2D eigenvalue weighted by Gasteiger charge is -2.14. The van der Waals surface area contributed by atoms with E-state index in [1.807, 2.05) is 0 Å². The third kappa shape index (κ3) is 6.96. The summed E-state index contributed by atoms with van der Waals surface area (Å²) in [5.41, 5.74) is 0.0879. The van der Waals surface area contributed by atoms with Crippen molar-refractivity contribution in [1.29, 1.82) is 0 Å². The molecule has 11 nitrogen and oxygen atoms in total. The number of benzene rings is 2. The third-order valence-electron chi connectivity index (χ3n) is 4.13. The van der Waals surface area contributed by atoms with Crippen molar-refractivity contribution in [3.63, 3.8) is 0 Å². The number of carboxylic acid groups (broad SMARTS) is 1. The molecule has 0 aromatic heterocycles. The molecule has 172 valence electrons. The molecule has 2 aromatic rings. The van der Waals surface area contributed by atoms with Crippen molar-refractivity contribution in [2.75, 3.05) is 13.2 Å². The van der Waals surface area contributed by atoms with Crippen LogP contribution in [0.25, 0.3) is 0 Å². The zero-order chi connectivity index (χ0) is 23.7. The van der Waals surface area contributed by atoms with Crippen LogP contribution in [0.5, 0.6) is 17.2 Å². The van der Waals surface area contributed by atoms with Gasteiger partial charge >= 0.3 is 5.97 Å². The second-order valence-corrected chi connectivity index (χ2v) is 8.33. The number of phenols is 2. The first-order valence-electron chi connectivity index (χ1n) is 9.35. The smallest absolute Gasteiger partial charge is 0.305 e. The molecule has 2 aromatic carbocycles. The first-order chi connectivity index (χ1) is 15.1. The molecule has 12 heteroatoms. The number of carbonyl (C=O) groups excluding carboxylic acids is 2. The van der Waals surface area contributed by atoms with Crippen LogP contribution >= 0.6 is 0 Å². The average molecular weight is 466 g/mol. The molecule has 32 heavy (non-hydrogen) atoms. The number of aliphatic carboxylic acids is 1. The van der Waals surface area contributed by atoms with Crippen molar-refractivity contribution < 1.29 is 42.9 Å². The van der Waals surface area contributed by atoms with Crippen molar-refractivity contribution in [2.45, 2.75) is 23.8 Å². The van der Waals surface area contributed by atoms with Crippen LogP contribution in [0.3, 0.4) is 0 Å². The number of hydrogen-bond donors (Lipinski definition) is 5. The Kier molecular flexibility index (Phi) is 8.55. The number of carboxylic acids is 1. The van der Waals surface area contributed by atoms with E-state index >= 15 is 0 Å². The normalized spacial score (nSPS) is 12.0. The van der Waals surface area contributed by atoms with Gasteiger partial charge in [-0.05, 0) is 30.7 Å². The molecule has 0 aliphatic heterocycles. The van der Waals surface area contributed by atoms with Gasteiger partial charge in [0.15, 0.2) is 11.5 Å². The van der Waals surface area contributed by atoms with Gasteiger partial charge < -0.3 is 30.2 Å². The second-order valence-electron chi connectivity index (χ2n) is 6.56. The highest BCUT2D eigenvalue weighted by Gasteiger charge is 2.19. The van der Waals surface area contributed by atoms with Crippen molar-refractivity contribution in [3.8, 4) is 17.2 Å². The molecule has 5 N–H and O–H groups in total. The van der Waals surface area contributed by atoms with Crippen molar-refractivity contribution in [2.24, 2.45) is 0 Å². The van der Waals surface area contributed by atoms with Crippen LogP contribution < -0.4 is 14.8 Å². The van der Waals surface area contributed by atoms with Gasteiger partial charge in [-0.2, -0.15) is 0 Å². The van der Waals surface area contributed by atoms with Gasteiger partial charge in [-0.15, -0.1) is 0 Å². The molecular formula is C20H22N2O9S. The summed E-state index contributed by atoms with van der Waals surface area (Å²) in [4.78, 5) is 33.9. The quantitative estimate of drug-likeness (QED) is 0.170.